The predicted octanol–water partition coefficient (Wildman–Crippen LogP) is 11.9. The highest BCUT2D eigenvalue weighted by Crippen LogP contribution is 2.58. The molecule has 0 aromatic rings. The van der Waals surface area contributed by atoms with Crippen LogP contribution in [0, 0.1) is 21.7 Å². The van der Waals surface area contributed by atoms with Crippen molar-refractivity contribution in [2.75, 3.05) is 13.1 Å². The van der Waals surface area contributed by atoms with Gasteiger partial charge in [-0.1, -0.05) is 134 Å². The fraction of sp³-hybridized carbons (Fsp3) is 0.730. The summed E-state index contributed by atoms with van der Waals surface area (Å²) in [5, 5.41) is 0. The van der Waals surface area contributed by atoms with Crippen molar-refractivity contribution in [1.29, 1.82) is 0 Å². The van der Waals surface area contributed by atoms with Gasteiger partial charge in [0.2, 0.25) is 0 Å². The highest BCUT2D eigenvalue weighted by Gasteiger charge is 2.43. The molecule has 4 heteroatoms. The molecule has 1 aliphatic heterocycles. The smallest absolute Gasteiger partial charge is 0.321 e. The molecule has 3 aliphatic rings. The average molecular weight is 584 g/mol. The molecule has 232 valence electrons. The SMILES string of the molecule is CCCCN(CCCC)P1OC(C(C)(C)C)=C2C=C(C(C)(C)C)CC/C2=C2\C=C(C(C)(C)C)C=C(C(C)(C)C)C2O1. The predicted molar refractivity (Wildman–Crippen MR) is 180 cm³/mol. The lowest BCUT2D eigenvalue weighted by Gasteiger charge is -2.44. The minimum Gasteiger partial charge on any atom is -0.439 e. The van der Waals surface area contributed by atoms with Gasteiger partial charge in [0.15, 0.2) is 0 Å². The molecule has 1 heterocycles. The maximum Gasteiger partial charge on any atom is 0.321 e. The van der Waals surface area contributed by atoms with E-state index in [0.29, 0.717) is 0 Å². The Morgan fingerprint density at radius 2 is 1.32 bits per heavy atom. The fourth-order valence-corrected chi connectivity index (χ4v) is 7.62. The number of rotatable bonds is 7. The molecule has 3 nitrogen and oxygen atoms in total. The van der Waals surface area contributed by atoms with Crippen LogP contribution in [-0.4, -0.2) is 23.9 Å². The normalized spacial score (nSPS) is 24.6. The van der Waals surface area contributed by atoms with Crippen molar-refractivity contribution in [1.82, 2.24) is 4.67 Å². The quantitative estimate of drug-likeness (QED) is 0.278. The maximum absolute atomic E-state index is 7.36. The van der Waals surface area contributed by atoms with E-state index in [0.717, 1.165) is 44.5 Å². The van der Waals surface area contributed by atoms with Gasteiger partial charge in [0, 0.05) is 24.1 Å². The summed E-state index contributed by atoms with van der Waals surface area (Å²) in [7, 11) is -1.30. The minimum absolute atomic E-state index is 0.0308. The summed E-state index contributed by atoms with van der Waals surface area (Å²) in [4.78, 5) is 0. The van der Waals surface area contributed by atoms with Gasteiger partial charge in [-0.05, 0) is 64.2 Å². The van der Waals surface area contributed by atoms with E-state index in [4.69, 9.17) is 9.05 Å². The first-order valence-corrected chi connectivity index (χ1v) is 17.4. The third-order valence-corrected chi connectivity index (χ3v) is 10.2. The van der Waals surface area contributed by atoms with Crippen molar-refractivity contribution in [2.24, 2.45) is 21.7 Å². The van der Waals surface area contributed by atoms with E-state index in [9.17, 15) is 0 Å². The first kappa shape index (κ1) is 34.3. The molecule has 0 bridgehead atoms. The highest BCUT2D eigenvalue weighted by molar-refractivity contribution is 7.44. The average Bonchev–Trinajstić information content (AvgIpc) is 2.82. The lowest BCUT2D eigenvalue weighted by Crippen LogP contribution is -2.35. The first-order chi connectivity index (χ1) is 18.8. The van der Waals surface area contributed by atoms with Crippen LogP contribution in [0.1, 0.15) is 135 Å². The molecule has 3 rings (SSSR count). The van der Waals surface area contributed by atoms with Gasteiger partial charge in [0.05, 0.1) is 0 Å². The lowest BCUT2D eigenvalue weighted by atomic mass is 9.69. The van der Waals surface area contributed by atoms with E-state index in [1.165, 1.54) is 46.3 Å². The Balaban J connectivity index is 2.41. The van der Waals surface area contributed by atoms with Gasteiger partial charge in [-0.15, -0.1) is 0 Å². The van der Waals surface area contributed by atoms with Crippen LogP contribution in [0.4, 0.5) is 0 Å². The fourth-order valence-electron chi connectivity index (χ4n) is 5.78. The zero-order valence-electron chi connectivity index (χ0n) is 29.2. The summed E-state index contributed by atoms with van der Waals surface area (Å²) in [6.07, 6.45) is 14.1. The van der Waals surface area contributed by atoms with Gasteiger partial charge in [0.25, 0.3) is 0 Å². The van der Waals surface area contributed by atoms with Crippen molar-refractivity contribution in [2.45, 2.75) is 142 Å². The Kier molecular flexibility index (Phi) is 10.8. The molecule has 0 radical (unpaired) electrons. The van der Waals surface area contributed by atoms with E-state index in [1.807, 2.05) is 0 Å². The third kappa shape index (κ3) is 8.27. The molecule has 2 unspecified atom stereocenters. The molecular formula is C37H62NO2P. The number of hydrogen-bond donors (Lipinski definition) is 0. The Morgan fingerprint density at radius 1 is 0.732 bits per heavy atom. The maximum atomic E-state index is 7.36. The molecule has 0 aromatic heterocycles. The van der Waals surface area contributed by atoms with Crippen LogP contribution in [0.25, 0.3) is 0 Å². The van der Waals surface area contributed by atoms with Crippen LogP contribution in [0.15, 0.2) is 57.4 Å². The molecule has 41 heavy (non-hydrogen) atoms. The Hall–Kier alpha value is -1.15. The van der Waals surface area contributed by atoms with Crippen molar-refractivity contribution in [3.8, 4) is 0 Å². The molecule has 0 saturated carbocycles. The van der Waals surface area contributed by atoms with Crippen molar-refractivity contribution < 1.29 is 9.05 Å². The van der Waals surface area contributed by atoms with Gasteiger partial charge in [0.1, 0.15) is 11.9 Å². The zero-order chi connectivity index (χ0) is 31.0. The van der Waals surface area contributed by atoms with Gasteiger partial charge >= 0.3 is 8.53 Å². The van der Waals surface area contributed by atoms with Gasteiger partial charge in [-0.25, -0.2) is 4.67 Å². The van der Waals surface area contributed by atoms with Crippen molar-refractivity contribution >= 4 is 8.53 Å². The number of allylic oxidation sites excluding steroid dienone is 7. The van der Waals surface area contributed by atoms with E-state index in [-0.39, 0.29) is 27.8 Å². The molecule has 2 aliphatic carbocycles. The summed E-state index contributed by atoms with van der Waals surface area (Å²) < 4.78 is 17.2. The standard InChI is InChI=1S/C37H62NO2P/c1-15-17-21-38(22-18-16-2)41-39-32-29(24-27(35(6,7)8)25-31(32)36(9,10)11)28-20-19-26(34(3,4)5)23-30(28)33(40-41)37(12,13)14/h23-25,32H,15-22H2,1-14H3/b29-28-,33-30?. The van der Waals surface area contributed by atoms with Crippen LogP contribution in [0.5, 0.6) is 0 Å². The van der Waals surface area contributed by atoms with E-state index in [2.05, 4.69) is 120 Å². The molecule has 0 N–H and O–H groups in total. The van der Waals surface area contributed by atoms with E-state index in [1.54, 1.807) is 0 Å². The van der Waals surface area contributed by atoms with Gasteiger partial charge in [-0.2, -0.15) is 0 Å². The summed E-state index contributed by atoms with van der Waals surface area (Å²) >= 11 is 0. The lowest BCUT2D eigenvalue weighted by molar-refractivity contribution is 0.171. The summed E-state index contributed by atoms with van der Waals surface area (Å²) in [5.74, 6) is 1.10. The van der Waals surface area contributed by atoms with E-state index < -0.39 is 8.53 Å². The zero-order valence-corrected chi connectivity index (χ0v) is 30.1. The molecule has 0 amide bonds. The molecular weight excluding hydrogens is 521 g/mol. The van der Waals surface area contributed by atoms with Crippen LogP contribution >= 0.6 is 8.53 Å². The van der Waals surface area contributed by atoms with Gasteiger partial charge in [-0.3, -0.25) is 4.52 Å². The Morgan fingerprint density at radius 3 is 1.78 bits per heavy atom. The monoisotopic (exact) mass is 583 g/mol. The summed E-state index contributed by atoms with van der Waals surface area (Å²) in [6, 6.07) is 0. The molecule has 0 fully saturated rings. The van der Waals surface area contributed by atoms with Crippen molar-refractivity contribution in [3.05, 3.63) is 57.4 Å². The number of hydrogen-bond acceptors (Lipinski definition) is 3. The second kappa shape index (κ2) is 12.8. The molecule has 2 atom stereocenters. The molecule has 0 aromatic carbocycles. The number of fused-ring (bicyclic) bond motifs is 2. The highest BCUT2D eigenvalue weighted by atomic mass is 31.2. The Labute approximate surface area is 255 Å². The second-order valence-corrected chi connectivity index (χ2v) is 18.0. The van der Waals surface area contributed by atoms with Crippen LogP contribution < -0.4 is 0 Å². The molecule has 0 spiro atoms. The largest absolute Gasteiger partial charge is 0.439 e. The van der Waals surface area contributed by atoms with E-state index >= 15 is 0 Å². The van der Waals surface area contributed by atoms with Gasteiger partial charge < -0.3 is 4.52 Å². The summed E-state index contributed by atoms with van der Waals surface area (Å²) in [6.45, 7) is 34.6. The third-order valence-electron chi connectivity index (χ3n) is 8.58. The van der Waals surface area contributed by atoms with Crippen LogP contribution in [0.2, 0.25) is 0 Å². The topological polar surface area (TPSA) is 21.7 Å². The van der Waals surface area contributed by atoms with Crippen LogP contribution in [0.3, 0.4) is 0 Å². The number of unbranched alkanes of at least 4 members (excludes halogenated alkanes) is 2. The number of nitrogens with zero attached hydrogens (tertiary/aromatic N) is 1. The minimum atomic E-state index is -1.30. The summed E-state index contributed by atoms with van der Waals surface area (Å²) in [5.41, 5.74) is 8.38. The molecule has 0 saturated heterocycles. The Bertz CT molecular complexity index is 1100. The first-order valence-electron chi connectivity index (χ1n) is 16.3. The second-order valence-electron chi connectivity index (χ2n) is 16.5. The van der Waals surface area contributed by atoms with Crippen molar-refractivity contribution in [3.63, 3.8) is 0 Å². The van der Waals surface area contributed by atoms with Crippen LogP contribution in [-0.2, 0) is 9.05 Å².